The number of amides is 1. The van der Waals surface area contributed by atoms with Crippen LogP contribution in [0.5, 0.6) is 0 Å². The zero-order valence-corrected chi connectivity index (χ0v) is 11.7. The maximum Gasteiger partial charge on any atom is 0.255 e. The van der Waals surface area contributed by atoms with E-state index in [4.69, 9.17) is 0 Å². The fraction of sp³-hybridized carbons (Fsp3) is 0.538. The van der Waals surface area contributed by atoms with Crippen molar-refractivity contribution in [3.05, 3.63) is 23.9 Å². The number of pyridine rings is 1. The molecule has 0 bridgehead atoms. The van der Waals surface area contributed by atoms with Crippen LogP contribution in [0.1, 0.15) is 24.2 Å². The largest absolute Gasteiger partial charge is 0.336 e. The molecule has 1 atom stereocenters. The van der Waals surface area contributed by atoms with Gasteiger partial charge in [-0.2, -0.15) is 0 Å². The third-order valence-corrected chi connectivity index (χ3v) is 3.76. The number of nitrogens with zero attached hydrogens (tertiary/aromatic N) is 2. The third-order valence-electron chi connectivity index (χ3n) is 2.93. The Labute approximate surface area is 112 Å². The van der Waals surface area contributed by atoms with Crippen molar-refractivity contribution in [2.45, 2.75) is 24.9 Å². The standard InChI is InChI=1S/C13H19N3OS/c1-3-18-12-5-4-11(8-15-12)13(17)16-7-6-14-10(2)9-16/h4-5,8,10,14H,3,6-7,9H2,1-2H3/t10-/m1/s1. The van der Waals surface area contributed by atoms with E-state index in [1.54, 1.807) is 18.0 Å². The topological polar surface area (TPSA) is 45.2 Å². The number of aromatic nitrogens is 1. The Morgan fingerprint density at radius 1 is 1.61 bits per heavy atom. The lowest BCUT2D eigenvalue weighted by Crippen LogP contribution is -2.51. The lowest BCUT2D eigenvalue weighted by Gasteiger charge is -2.31. The number of hydrogen-bond donors (Lipinski definition) is 1. The summed E-state index contributed by atoms with van der Waals surface area (Å²) in [6.07, 6.45) is 1.69. The molecule has 1 fully saturated rings. The number of carbonyl (C=O) groups excluding carboxylic acids is 1. The number of piperazine rings is 1. The van der Waals surface area contributed by atoms with Crippen molar-refractivity contribution in [2.75, 3.05) is 25.4 Å². The van der Waals surface area contributed by atoms with Gasteiger partial charge < -0.3 is 10.2 Å². The summed E-state index contributed by atoms with van der Waals surface area (Å²) in [5, 5.41) is 4.31. The maximum atomic E-state index is 12.3. The van der Waals surface area contributed by atoms with Crippen LogP contribution in [-0.2, 0) is 0 Å². The highest BCUT2D eigenvalue weighted by atomic mass is 32.2. The van der Waals surface area contributed by atoms with Crippen LogP contribution in [0.2, 0.25) is 0 Å². The summed E-state index contributed by atoms with van der Waals surface area (Å²) in [5.74, 6) is 1.08. The van der Waals surface area contributed by atoms with E-state index in [0.717, 1.165) is 30.4 Å². The predicted octanol–water partition coefficient (Wildman–Crippen LogP) is 1.63. The molecule has 1 amide bonds. The number of carbonyl (C=O) groups is 1. The molecule has 0 spiro atoms. The fourth-order valence-electron chi connectivity index (χ4n) is 2.04. The van der Waals surface area contributed by atoms with Crippen molar-refractivity contribution >= 4 is 17.7 Å². The SMILES string of the molecule is CCSc1ccc(C(=O)N2CCN[C@H](C)C2)cn1. The summed E-state index contributed by atoms with van der Waals surface area (Å²) in [6, 6.07) is 4.16. The molecule has 1 N–H and O–H groups in total. The molecular weight excluding hydrogens is 246 g/mol. The van der Waals surface area contributed by atoms with Gasteiger partial charge in [0.15, 0.2) is 0 Å². The second-order valence-corrected chi connectivity index (χ2v) is 5.71. The Bertz CT molecular complexity index is 407. The first-order valence-electron chi connectivity index (χ1n) is 6.32. The average Bonchev–Trinajstić information content (AvgIpc) is 2.39. The number of hydrogen-bond acceptors (Lipinski definition) is 4. The van der Waals surface area contributed by atoms with E-state index in [0.29, 0.717) is 11.6 Å². The molecule has 1 saturated heterocycles. The summed E-state index contributed by atoms with van der Waals surface area (Å²) in [6.45, 7) is 6.59. The molecule has 2 rings (SSSR count). The maximum absolute atomic E-state index is 12.3. The van der Waals surface area contributed by atoms with Crippen molar-refractivity contribution in [3.8, 4) is 0 Å². The molecule has 0 aliphatic carbocycles. The van der Waals surface area contributed by atoms with Gasteiger partial charge in [0, 0.05) is 31.9 Å². The van der Waals surface area contributed by atoms with E-state index < -0.39 is 0 Å². The van der Waals surface area contributed by atoms with E-state index >= 15 is 0 Å². The third kappa shape index (κ3) is 3.23. The highest BCUT2D eigenvalue weighted by Crippen LogP contribution is 2.15. The van der Waals surface area contributed by atoms with Gasteiger partial charge in [0.05, 0.1) is 10.6 Å². The lowest BCUT2D eigenvalue weighted by molar-refractivity contribution is 0.0708. The smallest absolute Gasteiger partial charge is 0.255 e. The molecule has 2 heterocycles. The molecule has 4 nitrogen and oxygen atoms in total. The molecule has 1 aromatic heterocycles. The highest BCUT2D eigenvalue weighted by molar-refractivity contribution is 7.99. The van der Waals surface area contributed by atoms with Crippen LogP contribution >= 0.6 is 11.8 Å². The summed E-state index contributed by atoms with van der Waals surface area (Å²) >= 11 is 1.69. The quantitative estimate of drug-likeness (QED) is 0.844. The Morgan fingerprint density at radius 2 is 2.44 bits per heavy atom. The molecule has 1 aromatic rings. The second-order valence-electron chi connectivity index (χ2n) is 4.42. The molecule has 0 saturated carbocycles. The number of nitrogens with one attached hydrogen (secondary N) is 1. The van der Waals surface area contributed by atoms with Crippen molar-refractivity contribution in [1.29, 1.82) is 0 Å². The van der Waals surface area contributed by atoms with Gasteiger partial charge in [-0.15, -0.1) is 11.8 Å². The Hall–Kier alpha value is -1.07. The van der Waals surface area contributed by atoms with E-state index in [1.165, 1.54) is 0 Å². The summed E-state index contributed by atoms with van der Waals surface area (Å²) in [5.41, 5.74) is 0.685. The minimum atomic E-state index is 0.0869. The van der Waals surface area contributed by atoms with Crippen LogP contribution in [-0.4, -0.2) is 47.2 Å². The molecule has 1 aliphatic rings. The molecule has 0 aromatic carbocycles. The minimum Gasteiger partial charge on any atom is -0.336 e. The average molecular weight is 265 g/mol. The van der Waals surface area contributed by atoms with E-state index in [1.807, 2.05) is 17.0 Å². The van der Waals surface area contributed by atoms with Crippen molar-refractivity contribution in [2.24, 2.45) is 0 Å². The van der Waals surface area contributed by atoms with Gasteiger partial charge in [-0.1, -0.05) is 6.92 Å². The van der Waals surface area contributed by atoms with Crippen molar-refractivity contribution in [1.82, 2.24) is 15.2 Å². The monoisotopic (exact) mass is 265 g/mol. The van der Waals surface area contributed by atoms with E-state index in [9.17, 15) is 4.79 Å². The van der Waals surface area contributed by atoms with Crippen molar-refractivity contribution in [3.63, 3.8) is 0 Å². The van der Waals surface area contributed by atoms with Crippen molar-refractivity contribution < 1.29 is 4.79 Å². The summed E-state index contributed by atoms with van der Waals surface area (Å²) < 4.78 is 0. The van der Waals surface area contributed by atoms with Crippen LogP contribution in [0.15, 0.2) is 23.4 Å². The van der Waals surface area contributed by atoms with Gasteiger partial charge >= 0.3 is 0 Å². The molecule has 1 aliphatic heterocycles. The van der Waals surface area contributed by atoms with Gasteiger partial charge in [0.1, 0.15) is 0 Å². The normalized spacial score (nSPS) is 19.9. The highest BCUT2D eigenvalue weighted by Gasteiger charge is 2.21. The van der Waals surface area contributed by atoms with Gasteiger partial charge in [-0.3, -0.25) is 4.79 Å². The van der Waals surface area contributed by atoms with Crippen LogP contribution in [0.3, 0.4) is 0 Å². The molecule has 0 radical (unpaired) electrons. The van der Waals surface area contributed by atoms with E-state index in [-0.39, 0.29) is 5.91 Å². The van der Waals surface area contributed by atoms with Crippen LogP contribution in [0, 0.1) is 0 Å². The molecule has 18 heavy (non-hydrogen) atoms. The van der Waals surface area contributed by atoms with Gasteiger partial charge in [0.2, 0.25) is 0 Å². The van der Waals surface area contributed by atoms with Gasteiger partial charge in [-0.05, 0) is 24.8 Å². The summed E-state index contributed by atoms with van der Waals surface area (Å²) in [4.78, 5) is 18.5. The molecular formula is C13H19N3OS. The first-order valence-corrected chi connectivity index (χ1v) is 7.30. The predicted molar refractivity (Wildman–Crippen MR) is 74.0 cm³/mol. The Morgan fingerprint density at radius 3 is 3.06 bits per heavy atom. The lowest BCUT2D eigenvalue weighted by atomic mass is 10.2. The minimum absolute atomic E-state index is 0.0869. The number of thioether (sulfide) groups is 1. The Kier molecular flexibility index (Phi) is 4.60. The first kappa shape index (κ1) is 13.4. The fourth-order valence-corrected chi connectivity index (χ4v) is 2.63. The second kappa shape index (κ2) is 6.20. The van der Waals surface area contributed by atoms with Gasteiger partial charge in [-0.25, -0.2) is 4.98 Å². The molecule has 0 unspecified atom stereocenters. The summed E-state index contributed by atoms with van der Waals surface area (Å²) in [7, 11) is 0. The Balaban J connectivity index is 2.03. The number of rotatable bonds is 3. The zero-order chi connectivity index (χ0) is 13.0. The molecule has 98 valence electrons. The van der Waals surface area contributed by atoms with Gasteiger partial charge in [0.25, 0.3) is 5.91 Å². The van der Waals surface area contributed by atoms with Crippen LogP contribution in [0.4, 0.5) is 0 Å². The molecule has 5 heteroatoms. The zero-order valence-electron chi connectivity index (χ0n) is 10.8. The van der Waals surface area contributed by atoms with Crippen LogP contribution in [0.25, 0.3) is 0 Å². The van der Waals surface area contributed by atoms with Crippen LogP contribution < -0.4 is 5.32 Å². The first-order chi connectivity index (χ1) is 8.70. The van der Waals surface area contributed by atoms with E-state index in [2.05, 4.69) is 24.1 Å².